The van der Waals surface area contributed by atoms with E-state index in [1.165, 1.54) is 0 Å². The lowest BCUT2D eigenvalue weighted by Crippen LogP contribution is -2.33. The molecule has 1 heterocycles. The van der Waals surface area contributed by atoms with E-state index in [9.17, 15) is 9.59 Å². The smallest absolute Gasteiger partial charge is 0.251 e. The van der Waals surface area contributed by atoms with Gasteiger partial charge in [-0.1, -0.05) is 0 Å². The summed E-state index contributed by atoms with van der Waals surface area (Å²) in [5, 5.41) is 5.76. The number of carbonyl (C=O) groups excluding carboxylic acids is 2. The zero-order valence-electron chi connectivity index (χ0n) is 12.3. The fourth-order valence-electron chi connectivity index (χ4n) is 2.38. The van der Waals surface area contributed by atoms with Crippen LogP contribution in [0.2, 0.25) is 0 Å². The number of nitrogen functional groups attached to an aromatic ring is 1. The van der Waals surface area contributed by atoms with Crippen molar-refractivity contribution in [1.82, 2.24) is 10.2 Å². The first-order valence-corrected chi connectivity index (χ1v) is 7.31. The summed E-state index contributed by atoms with van der Waals surface area (Å²) in [6.07, 6.45) is 2.16. The highest BCUT2D eigenvalue weighted by Gasteiger charge is 2.17. The molecule has 1 aliphatic heterocycles. The predicted octanol–water partition coefficient (Wildman–Crippen LogP) is 1.05. The van der Waals surface area contributed by atoms with Crippen LogP contribution in [-0.4, -0.2) is 42.9 Å². The SMILES string of the molecule is CCNC(=O)c1ccc(NCC(=O)N2CCCC2)c(N)c1. The number of carbonyl (C=O) groups is 2. The molecule has 6 heteroatoms. The molecule has 6 nitrogen and oxygen atoms in total. The van der Waals surface area contributed by atoms with Crippen molar-refractivity contribution in [2.45, 2.75) is 19.8 Å². The third-order valence-electron chi connectivity index (χ3n) is 3.54. The number of likely N-dealkylation sites (tertiary alicyclic amines) is 1. The Labute approximate surface area is 124 Å². The quantitative estimate of drug-likeness (QED) is 0.707. The molecule has 1 fully saturated rings. The summed E-state index contributed by atoms with van der Waals surface area (Å²) in [6, 6.07) is 5.05. The van der Waals surface area contributed by atoms with Crippen molar-refractivity contribution in [2.75, 3.05) is 37.2 Å². The van der Waals surface area contributed by atoms with E-state index in [4.69, 9.17) is 5.73 Å². The lowest BCUT2D eigenvalue weighted by atomic mass is 10.1. The summed E-state index contributed by atoms with van der Waals surface area (Å²) < 4.78 is 0. The van der Waals surface area contributed by atoms with Gasteiger partial charge >= 0.3 is 0 Å². The largest absolute Gasteiger partial charge is 0.397 e. The first-order valence-electron chi connectivity index (χ1n) is 7.31. The molecule has 0 radical (unpaired) electrons. The molecule has 0 aliphatic carbocycles. The predicted molar refractivity (Wildman–Crippen MR) is 83.2 cm³/mol. The molecule has 114 valence electrons. The Bertz CT molecular complexity index is 524. The number of amides is 2. The maximum Gasteiger partial charge on any atom is 0.251 e. The summed E-state index contributed by atoms with van der Waals surface area (Å²) >= 11 is 0. The number of benzene rings is 1. The highest BCUT2D eigenvalue weighted by atomic mass is 16.2. The van der Waals surface area contributed by atoms with Gasteiger partial charge in [0.1, 0.15) is 0 Å². The number of anilines is 2. The molecule has 21 heavy (non-hydrogen) atoms. The molecule has 2 amide bonds. The fourth-order valence-corrected chi connectivity index (χ4v) is 2.38. The summed E-state index contributed by atoms with van der Waals surface area (Å²) in [4.78, 5) is 25.5. The molecule has 0 saturated carbocycles. The van der Waals surface area contributed by atoms with Gasteiger partial charge < -0.3 is 21.3 Å². The van der Waals surface area contributed by atoms with Gasteiger partial charge in [0.05, 0.1) is 17.9 Å². The number of nitrogens with one attached hydrogen (secondary N) is 2. The Balaban J connectivity index is 1.94. The zero-order chi connectivity index (χ0) is 15.2. The Kier molecular flexibility index (Phi) is 5.03. The minimum absolute atomic E-state index is 0.0831. The minimum Gasteiger partial charge on any atom is -0.397 e. The van der Waals surface area contributed by atoms with Crippen LogP contribution in [0.25, 0.3) is 0 Å². The number of hydrogen-bond acceptors (Lipinski definition) is 4. The second-order valence-electron chi connectivity index (χ2n) is 5.10. The monoisotopic (exact) mass is 290 g/mol. The molecule has 1 saturated heterocycles. The van der Waals surface area contributed by atoms with Crippen molar-refractivity contribution in [2.24, 2.45) is 0 Å². The Hall–Kier alpha value is -2.24. The van der Waals surface area contributed by atoms with E-state index in [-0.39, 0.29) is 18.4 Å². The summed E-state index contributed by atoms with van der Waals surface area (Å²) in [5.41, 5.74) is 7.59. The maximum atomic E-state index is 11.9. The van der Waals surface area contributed by atoms with Crippen molar-refractivity contribution in [3.8, 4) is 0 Å². The molecule has 1 aromatic carbocycles. The van der Waals surface area contributed by atoms with Gasteiger partial charge in [-0.15, -0.1) is 0 Å². The van der Waals surface area contributed by atoms with Crippen LogP contribution in [0.3, 0.4) is 0 Å². The van der Waals surface area contributed by atoms with Gasteiger partial charge in [-0.2, -0.15) is 0 Å². The van der Waals surface area contributed by atoms with Crippen molar-refractivity contribution in [3.63, 3.8) is 0 Å². The highest BCUT2D eigenvalue weighted by molar-refractivity contribution is 5.96. The minimum atomic E-state index is -0.149. The molecule has 1 aromatic rings. The maximum absolute atomic E-state index is 11.9. The van der Waals surface area contributed by atoms with Crippen LogP contribution in [0.1, 0.15) is 30.1 Å². The van der Waals surface area contributed by atoms with Gasteiger partial charge in [0.2, 0.25) is 5.91 Å². The molecular formula is C15H22N4O2. The van der Waals surface area contributed by atoms with Gasteiger partial charge in [-0.05, 0) is 38.0 Å². The Morgan fingerprint density at radius 2 is 2.00 bits per heavy atom. The average molecular weight is 290 g/mol. The van der Waals surface area contributed by atoms with Gasteiger partial charge in [-0.3, -0.25) is 9.59 Å². The first kappa shape index (κ1) is 15.2. The summed E-state index contributed by atoms with van der Waals surface area (Å²) in [5.74, 6) is -0.0661. The van der Waals surface area contributed by atoms with Gasteiger partial charge in [0.25, 0.3) is 5.91 Å². The number of hydrogen-bond donors (Lipinski definition) is 3. The van der Waals surface area contributed by atoms with E-state index in [2.05, 4.69) is 10.6 Å². The molecule has 0 unspecified atom stereocenters. The van der Waals surface area contributed by atoms with Crippen LogP contribution in [0.5, 0.6) is 0 Å². The average Bonchev–Trinajstić information content (AvgIpc) is 3.00. The summed E-state index contributed by atoms with van der Waals surface area (Å²) in [6.45, 7) is 4.34. The molecule has 2 rings (SSSR count). The number of nitrogens with two attached hydrogens (primary N) is 1. The van der Waals surface area contributed by atoms with E-state index in [1.54, 1.807) is 18.2 Å². The second kappa shape index (κ2) is 6.97. The van der Waals surface area contributed by atoms with Crippen molar-refractivity contribution in [3.05, 3.63) is 23.8 Å². The zero-order valence-corrected chi connectivity index (χ0v) is 12.3. The molecule has 0 atom stereocenters. The van der Waals surface area contributed by atoms with Crippen LogP contribution < -0.4 is 16.4 Å². The Morgan fingerprint density at radius 1 is 1.29 bits per heavy atom. The molecule has 0 aromatic heterocycles. The van der Waals surface area contributed by atoms with Gasteiger partial charge in [0, 0.05) is 25.2 Å². The molecule has 4 N–H and O–H groups in total. The highest BCUT2D eigenvalue weighted by Crippen LogP contribution is 2.20. The van der Waals surface area contributed by atoms with Crippen molar-refractivity contribution in [1.29, 1.82) is 0 Å². The van der Waals surface area contributed by atoms with Crippen molar-refractivity contribution < 1.29 is 9.59 Å². The van der Waals surface area contributed by atoms with E-state index in [0.29, 0.717) is 23.5 Å². The van der Waals surface area contributed by atoms with Crippen LogP contribution in [0, 0.1) is 0 Å². The van der Waals surface area contributed by atoms with Gasteiger partial charge in [-0.25, -0.2) is 0 Å². The standard InChI is InChI=1S/C15H22N4O2/c1-2-17-15(21)11-5-6-13(12(16)9-11)18-10-14(20)19-7-3-4-8-19/h5-6,9,18H,2-4,7-8,10,16H2,1H3,(H,17,21). The Morgan fingerprint density at radius 3 is 2.62 bits per heavy atom. The van der Waals surface area contributed by atoms with Crippen LogP contribution in [-0.2, 0) is 4.79 Å². The lowest BCUT2D eigenvalue weighted by molar-refractivity contribution is -0.128. The lowest BCUT2D eigenvalue weighted by Gasteiger charge is -2.17. The number of nitrogens with zero attached hydrogens (tertiary/aromatic N) is 1. The molecule has 1 aliphatic rings. The van der Waals surface area contributed by atoms with E-state index >= 15 is 0 Å². The summed E-state index contributed by atoms with van der Waals surface area (Å²) in [7, 11) is 0. The third kappa shape index (κ3) is 3.87. The normalized spacial score (nSPS) is 14.0. The van der Waals surface area contributed by atoms with Crippen LogP contribution in [0.15, 0.2) is 18.2 Å². The third-order valence-corrected chi connectivity index (χ3v) is 3.54. The molecule has 0 spiro atoms. The second-order valence-corrected chi connectivity index (χ2v) is 5.10. The van der Waals surface area contributed by atoms with E-state index in [1.807, 2.05) is 11.8 Å². The van der Waals surface area contributed by atoms with Gasteiger partial charge in [0.15, 0.2) is 0 Å². The fraction of sp³-hybridized carbons (Fsp3) is 0.467. The number of rotatable bonds is 5. The first-order chi connectivity index (χ1) is 10.1. The molecular weight excluding hydrogens is 268 g/mol. The van der Waals surface area contributed by atoms with Crippen LogP contribution in [0.4, 0.5) is 11.4 Å². The topological polar surface area (TPSA) is 87.5 Å². The van der Waals surface area contributed by atoms with E-state index < -0.39 is 0 Å². The molecule has 0 bridgehead atoms. The van der Waals surface area contributed by atoms with E-state index in [0.717, 1.165) is 25.9 Å². The van der Waals surface area contributed by atoms with Crippen molar-refractivity contribution >= 4 is 23.2 Å². The van der Waals surface area contributed by atoms with Crippen LogP contribution >= 0.6 is 0 Å².